The zero-order chi connectivity index (χ0) is 21.5. The Kier molecular flexibility index (Phi) is 72.9. The second-order valence-corrected chi connectivity index (χ2v) is 3.91. The van der Waals surface area contributed by atoms with Gasteiger partial charge in [-0.25, -0.2) is 25.3 Å². The van der Waals surface area contributed by atoms with E-state index >= 15 is 0 Å². The van der Waals surface area contributed by atoms with E-state index in [0.717, 1.165) is 0 Å². The number of hydrogen-bond donors (Lipinski definition) is 6. The van der Waals surface area contributed by atoms with Crippen molar-refractivity contribution in [1.82, 2.24) is 0 Å². The van der Waals surface area contributed by atoms with Crippen molar-refractivity contribution in [3.05, 3.63) is 0 Å². The van der Waals surface area contributed by atoms with E-state index in [1.807, 2.05) is 0 Å². The summed E-state index contributed by atoms with van der Waals surface area (Å²) in [6.07, 6.45) is 0. The molecule has 0 aromatic carbocycles. The summed E-state index contributed by atoms with van der Waals surface area (Å²) in [5, 5.41) is 0. The van der Waals surface area contributed by atoms with E-state index < -0.39 is 68.2 Å². The third kappa shape index (κ3) is 6480. The first-order chi connectivity index (χ1) is 10.4. The maximum absolute atomic E-state index is 8.56. The smallest absolute Gasteiger partial charge is 0.0814 e. The maximum Gasteiger partial charge on any atom is 0.0814 e. The van der Waals surface area contributed by atoms with Gasteiger partial charge in [0.15, 0.2) is 0 Å². The van der Waals surface area contributed by atoms with Gasteiger partial charge in [-0.2, -0.15) is 0 Å². The summed E-state index contributed by atoms with van der Waals surface area (Å²) < 4.78 is 144. The number of rotatable bonds is 0. The fourth-order valence-corrected chi connectivity index (χ4v) is 0. The quantitative estimate of drug-likeness (QED) is 0.130. The Labute approximate surface area is 178 Å². The maximum atomic E-state index is 8.56. The average Bonchev–Trinajstić information content (AvgIpc) is 2.08. The van der Waals surface area contributed by atoms with Crippen LogP contribution in [0.1, 0.15) is 0 Å². The van der Waals surface area contributed by atoms with E-state index in [0.29, 0.717) is 0 Å². The minimum atomic E-state index is -2.86. The molecule has 0 aliphatic carbocycles. The van der Waals surface area contributed by atoms with Gasteiger partial charge in [-0.15, -0.1) is 0 Å². The first-order valence-corrected chi connectivity index (χ1v) is 9.29. The molecule has 0 spiro atoms. The monoisotopic (exact) mass is 724 g/mol. The number of hydrogen-bond acceptors (Lipinski definition) is 12. The second-order valence-electron chi connectivity index (χ2n) is 1.30. The standard InChI is InChI=1S/6H2O3S.U/c6*1-4(2)3;/h6*(H2,1,2,3);/p-6. The zero-order valence-electron chi connectivity index (χ0n) is 10.5. The van der Waals surface area contributed by atoms with E-state index in [4.69, 9.17) is 79.9 Å². The summed E-state index contributed by atoms with van der Waals surface area (Å²) in [6.45, 7) is 0. The molecule has 18 nitrogen and oxygen atoms in total. The van der Waals surface area contributed by atoms with Crippen LogP contribution in [0, 0.1) is 31.1 Å². The molecule has 0 radical (unpaired) electrons. The minimum Gasteiger partial charge on any atom is -0.750 e. The van der Waals surface area contributed by atoms with Crippen LogP contribution >= 0.6 is 0 Å². The van der Waals surface area contributed by atoms with Crippen LogP contribution < -0.4 is 0 Å². The van der Waals surface area contributed by atoms with Crippen LogP contribution in [0.2, 0.25) is 0 Å². The minimum absolute atomic E-state index is 0. The van der Waals surface area contributed by atoms with Crippen LogP contribution in [-0.2, 0) is 68.2 Å². The first kappa shape index (κ1) is 45.3. The van der Waals surface area contributed by atoms with Crippen molar-refractivity contribution in [2.45, 2.75) is 0 Å². The molecule has 0 amide bonds. The Hall–Kier alpha value is 1.47. The van der Waals surface area contributed by atoms with Crippen molar-refractivity contribution < 1.29 is 111 Å². The molecule has 0 heterocycles. The fourth-order valence-electron chi connectivity index (χ4n) is 0. The molecular formula is H6O18S6U-6. The summed E-state index contributed by atoms with van der Waals surface area (Å²) >= 11 is -17.2. The molecule has 0 rings (SSSR count). The molecule has 0 aromatic heterocycles. The third-order valence-electron chi connectivity index (χ3n) is 0. The molecule has 0 saturated carbocycles. The molecular weight excluding hydrogens is 718 g/mol. The Morgan fingerprint density at radius 2 is 0.360 bits per heavy atom. The van der Waals surface area contributed by atoms with E-state index in [-0.39, 0.29) is 31.1 Å². The molecule has 0 saturated heterocycles. The molecule has 0 aliphatic rings. The van der Waals surface area contributed by atoms with E-state index in [1.54, 1.807) is 0 Å². The van der Waals surface area contributed by atoms with Crippen LogP contribution in [0.15, 0.2) is 0 Å². The molecule has 0 aliphatic heterocycles. The predicted molar refractivity (Wildman–Crippen MR) is 69.3 cm³/mol. The Morgan fingerprint density at radius 3 is 0.360 bits per heavy atom. The van der Waals surface area contributed by atoms with E-state index in [9.17, 15) is 0 Å². The Balaban J connectivity index is -0.0000000309. The van der Waals surface area contributed by atoms with Gasteiger partial charge in [0.1, 0.15) is 0 Å². The van der Waals surface area contributed by atoms with Crippen LogP contribution in [0.3, 0.4) is 0 Å². The van der Waals surface area contributed by atoms with Crippen LogP contribution in [0.25, 0.3) is 0 Å². The van der Waals surface area contributed by atoms with Crippen molar-refractivity contribution in [2.24, 2.45) is 0 Å². The van der Waals surface area contributed by atoms with Crippen molar-refractivity contribution in [1.29, 1.82) is 0 Å². The summed E-state index contributed by atoms with van der Waals surface area (Å²) in [4.78, 5) is 0. The molecule has 6 atom stereocenters. The van der Waals surface area contributed by atoms with Crippen LogP contribution in [0.4, 0.5) is 0 Å². The van der Waals surface area contributed by atoms with Crippen LogP contribution in [0.5, 0.6) is 0 Å². The molecule has 25 heteroatoms. The zero-order valence-corrected chi connectivity index (χ0v) is 19.6. The normalized spacial score (nSPS) is 14.9. The van der Waals surface area contributed by atoms with Crippen LogP contribution in [-0.4, -0.2) is 79.9 Å². The van der Waals surface area contributed by atoms with Crippen molar-refractivity contribution in [3.63, 3.8) is 0 Å². The van der Waals surface area contributed by atoms with Gasteiger partial charge < -0.3 is 54.6 Å². The Morgan fingerprint density at radius 1 is 0.360 bits per heavy atom. The van der Waals surface area contributed by atoms with E-state index in [1.165, 1.54) is 0 Å². The molecule has 25 heavy (non-hydrogen) atoms. The van der Waals surface area contributed by atoms with Gasteiger partial charge in [-0.05, 0) is 0 Å². The Bertz CT molecular complexity index is 257. The van der Waals surface area contributed by atoms with Gasteiger partial charge in [0.2, 0.25) is 0 Å². The van der Waals surface area contributed by atoms with Gasteiger partial charge in [-0.3, -0.25) is 0 Å². The van der Waals surface area contributed by atoms with Gasteiger partial charge in [0.05, 0.1) is 68.2 Å². The SMILES string of the molecule is O=S([O-])O.O=S([O-])O.O=S([O-])O.O=S([O-])O.O=S([O-])O.O=S([O-])O.[U]. The van der Waals surface area contributed by atoms with Gasteiger partial charge in [-0.1, -0.05) is 0 Å². The first-order valence-electron chi connectivity index (χ1n) is 3.10. The van der Waals surface area contributed by atoms with Gasteiger partial charge in [0, 0.05) is 31.1 Å². The van der Waals surface area contributed by atoms with Gasteiger partial charge >= 0.3 is 0 Å². The summed E-state index contributed by atoms with van der Waals surface area (Å²) in [6, 6.07) is 0. The molecule has 0 bridgehead atoms. The van der Waals surface area contributed by atoms with Gasteiger partial charge in [0.25, 0.3) is 0 Å². The average molecular weight is 724 g/mol. The predicted octanol–water partition coefficient (Wildman–Crippen LogP) is -3.97. The molecule has 160 valence electrons. The molecule has 6 unspecified atom stereocenters. The van der Waals surface area contributed by atoms with Crippen molar-refractivity contribution >= 4 is 68.2 Å². The fraction of sp³-hybridized carbons (Fsp3) is 0. The largest absolute Gasteiger partial charge is 0.750 e. The summed E-state index contributed by atoms with van der Waals surface area (Å²) in [5.41, 5.74) is 0. The van der Waals surface area contributed by atoms with Crippen molar-refractivity contribution in [3.8, 4) is 0 Å². The summed E-state index contributed by atoms with van der Waals surface area (Å²) in [5.74, 6) is 0. The molecule has 0 fully saturated rings. The topological polar surface area (TPSA) is 362 Å². The third-order valence-corrected chi connectivity index (χ3v) is 0. The van der Waals surface area contributed by atoms with E-state index in [2.05, 4.69) is 0 Å². The molecule has 0 aromatic rings. The second kappa shape index (κ2) is 40.2. The summed E-state index contributed by atoms with van der Waals surface area (Å²) in [7, 11) is 0. The molecule has 6 N–H and O–H groups in total. The van der Waals surface area contributed by atoms with Crippen molar-refractivity contribution in [2.75, 3.05) is 0 Å².